The monoisotopic (exact) mass is 542 g/mol. The molecule has 202 valence electrons. The van der Waals surface area contributed by atoms with Crippen LogP contribution in [0.5, 0.6) is 17.2 Å². The summed E-state index contributed by atoms with van der Waals surface area (Å²) in [6.45, 7) is 4.47. The zero-order chi connectivity index (χ0) is 26.6. The van der Waals surface area contributed by atoms with Crippen molar-refractivity contribution in [3.63, 3.8) is 0 Å². The molecule has 2 aliphatic rings. The van der Waals surface area contributed by atoms with Crippen LogP contribution in [0.3, 0.4) is 0 Å². The molecule has 0 aliphatic carbocycles. The lowest BCUT2D eigenvalue weighted by atomic mass is 10.0. The Labute approximate surface area is 233 Å². The molecule has 0 bridgehead atoms. The molecule has 0 unspecified atom stereocenters. The lowest BCUT2D eigenvalue weighted by molar-refractivity contribution is -0.119. The first-order chi connectivity index (χ1) is 19.2. The molecular weight excluding hydrogens is 508 g/mol. The predicted molar refractivity (Wildman–Crippen MR) is 157 cm³/mol. The Morgan fingerprint density at radius 3 is 2.54 bits per heavy atom. The van der Waals surface area contributed by atoms with Gasteiger partial charge in [0.15, 0.2) is 11.5 Å². The number of rotatable bonds is 10. The standard InChI is InChI=1S/C32H34N2O4S/c1-36-29-19-23(9-13-28(29)37-18-17-34-15-2-3-16-34)26-5-4-6-30-27(26)20-31(39-30)22-7-11-25(12-8-22)38-21-24-10-14-32(35)33-24/h4-9,11-13,19-20,24H,2-3,10,14-18,21H2,1H3,(H,33,35)/t24-/m1/s1. The summed E-state index contributed by atoms with van der Waals surface area (Å²) in [6.07, 6.45) is 4.00. The summed E-state index contributed by atoms with van der Waals surface area (Å²) >= 11 is 1.79. The van der Waals surface area contributed by atoms with Crippen molar-refractivity contribution in [3.05, 3.63) is 66.7 Å². The van der Waals surface area contributed by atoms with E-state index in [0.29, 0.717) is 19.6 Å². The number of hydrogen-bond acceptors (Lipinski definition) is 6. The summed E-state index contributed by atoms with van der Waals surface area (Å²) in [5, 5.41) is 4.17. The van der Waals surface area contributed by atoms with Crippen molar-refractivity contribution in [2.45, 2.75) is 31.7 Å². The Kier molecular flexibility index (Phi) is 7.70. The molecule has 3 aromatic carbocycles. The topological polar surface area (TPSA) is 60.0 Å². The van der Waals surface area contributed by atoms with E-state index >= 15 is 0 Å². The molecule has 2 aliphatic heterocycles. The van der Waals surface area contributed by atoms with E-state index < -0.39 is 0 Å². The number of amides is 1. The number of carbonyl (C=O) groups excluding carboxylic acids is 1. The molecule has 0 spiro atoms. The van der Waals surface area contributed by atoms with Crippen LogP contribution < -0.4 is 19.5 Å². The number of thiophene rings is 1. The van der Waals surface area contributed by atoms with Gasteiger partial charge >= 0.3 is 0 Å². The van der Waals surface area contributed by atoms with Gasteiger partial charge in [0.05, 0.1) is 13.2 Å². The number of likely N-dealkylation sites (tertiary alicyclic amines) is 1. The van der Waals surface area contributed by atoms with Crippen LogP contribution in [-0.2, 0) is 4.79 Å². The zero-order valence-electron chi connectivity index (χ0n) is 22.3. The fourth-order valence-corrected chi connectivity index (χ4v) is 6.51. The van der Waals surface area contributed by atoms with Gasteiger partial charge in [-0.05, 0) is 97.6 Å². The molecule has 1 amide bonds. The normalized spacial score (nSPS) is 17.5. The van der Waals surface area contributed by atoms with Gasteiger partial charge in [-0.1, -0.05) is 18.2 Å². The minimum atomic E-state index is 0.104. The van der Waals surface area contributed by atoms with Crippen LogP contribution >= 0.6 is 11.3 Å². The van der Waals surface area contributed by atoms with Crippen molar-refractivity contribution < 1.29 is 19.0 Å². The van der Waals surface area contributed by atoms with E-state index in [9.17, 15) is 4.79 Å². The van der Waals surface area contributed by atoms with E-state index in [-0.39, 0.29) is 11.9 Å². The lowest BCUT2D eigenvalue weighted by Gasteiger charge is -2.17. The van der Waals surface area contributed by atoms with E-state index in [4.69, 9.17) is 14.2 Å². The van der Waals surface area contributed by atoms with E-state index in [0.717, 1.165) is 41.3 Å². The van der Waals surface area contributed by atoms with Crippen LogP contribution in [0.15, 0.2) is 66.7 Å². The fourth-order valence-electron chi connectivity index (χ4n) is 5.41. The molecule has 2 fully saturated rings. The van der Waals surface area contributed by atoms with Crippen LogP contribution in [0.2, 0.25) is 0 Å². The van der Waals surface area contributed by atoms with E-state index in [1.807, 2.05) is 18.2 Å². The number of nitrogens with zero attached hydrogens (tertiary/aromatic N) is 1. The van der Waals surface area contributed by atoms with Gasteiger partial charge in [-0.2, -0.15) is 0 Å². The lowest BCUT2D eigenvalue weighted by Crippen LogP contribution is -2.30. The van der Waals surface area contributed by atoms with Crippen molar-refractivity contribution in [1.82, 2.24) is 10.2 Å². The van der Waals surface area contributed by atoms with Crippen molar-refractivity contribution in [2.75, 3.05) is 40.0 Å². The molecule has 0 saturated carbocycles. The van der Waals surface area contributed by atoms with Crippen molar-refractivity contribution in [1.29, 1.82) is 0 Å². The van der Waals surface area contributed by atoms with Gasteiger partial charge in [-0.15, -0.1) is 11.3 Å². The molecule has 6 nitrogen and oxygen atoms in total. The highest BCUT2D eigenvalue weighted by atomic mass is 32.1. The highest BCUT2D eigenvalue weighted by Gasteiger charge is 2.21. The van der Waals surface area contributed by atoms with Crippen LogP contribution in [-0.4, -0.2) is 56.8 Å². The number of benzene rings is 3. The third-order valence-electron chi connectivity index (χ3n) is 7.57. The molecule has 1 N–H and O–H groups in total. The van der Waals surface area contributed by atoms with Crippen molar-refractivity contribution >= 4 is 27.3 Å². The first-order valence-corrected chi connectivity index (χ1v) is 14.6. The molecular formula is C32H34N2O4S. The summed E-state index contributed by atoms with van der Waals surface area (Å²) in [4.78, 5) is 15.1. The Morgan fingerprint density at radius 1 is 0.949 bits per heavy atom. The number of methoxy groups -OCH3 is 1. The molecule has 6 rings (SSSR count). The molecule has 0 radical (unpaired) electrons. The van der Waals surface area contributed by atoms with Gasteiger partial charge in [-0.25, -0.2) is 0 Å². The van der Waals surface area contributed by atoms with Gasteiger partial charge < -0.3 is 19.5 Å². The number of nitrogens with one attached hydrogen (secondary N) is 1. The Hall–Kier alpha value is -3.55. The quantitative estimate of drug-likeness (QED) is 0.252. The van der Waals surface area contributed by atoms with Crippen molar-refractivity contribution in [2.24, 2.45) is 0 Å². The van der Waals surface area contributed by atoms with Crippen LogP contribution in [0.4, 0.5) is 0 Å². The first kappa shape index (κ1) is 25.7. The van der Waals surface area contributed by atoms with Gasteiger partial charge in [0.25, 0.3) is 0 Å². The van der Waals surface area contributed by atoms with Gasteiger partial charge in [0.1, 0.15) is 19.0 Å². The number of carbonyl (C=O) groups is 1. The molecule has 1 aromatic heterocycles. The third-order valence-corrected chi connectivity index (χ3v) is 8.72. The second-order valence-corrected chi connectivity index (χ2v) is 11.3. The van der Waals surface area contributed by atoms with Crippen molar-refractivity contribution in [3.8, 4) is 38.8 Å². The maximum absolute atomic E-state index is 11.4. The second-order valence-electron chi connectivity index (χ2n) is 10.2. The third kappa shape index (κ3) is 5.89. The number of fused-ring (bicyclic) bond motifs is 1. The predicted octanol–water partition coefficient (Wildman–Crippen LogP) is 6.38. The molecule has 2 saturated heterocycles. The van der Waals surface area contributed by atoms with E-state index in [2.05, 4.69) is 58.7 Å². The molecule has 7 heteroatoms. The van der Waals surface area contributed by atoms with Crippen LogP contribution in [0.1, 0.15) is 25.7 Å². The summed E-state index contributed by atoms with van der Waals surface area (Å²) in [5.74, 6) is 2.47. The molecule has 3 heterocycles. The SMILES string of the molecule is COc1cc(-c2cccc3sc(-c4ccc(OC[C@H]5CCC(=O)N5)cc4)cc23)ccc1OCCN1CCCC1. The van der Waals surface area contributed by atoms with E-state index in [1.165, 1.54) is 46.5 Å². The van der Waals surface area contributed by atoms with Gasteiger partial charge in [0, 0.05) is 27.9 Å². The number of hydrogen-bond donors (Lipinski definition) is 1. The molecule has 1 atom stereocenters. The van der Waals surface area contributed by atoms with Crippen LogP contribution in [0.25, 0.3) is 31.7 Å². The minimum absolute atomic E-state index is 0.104. The molecule has 39 heavy (non-hydrogen) atoms. The Bertz CT molecular complexity index is 1440. The summed E-state index contributed by atoms with van der Waals surface area (Å²) in [6, 6.07) is 23.3. The van der Waals surface area contributed by atoms with E-state index in [1.54, 1.807) is 18.4 Å². The maximum Gasteiger partial charge on any atom is 0.220 e. The number of ether oxygens (including phenoxy) is 3. The Morgan fingerprint density at radius 2 is 1.77 bits per heavy atom. The maximum atomic E-state index is 11.4. The average molecular weight is 543 g/mol. The van der Waals surface area contributed by atoms with Gasteiger partial charge in [-0.3, -0.25) is 9.69 Å². The highest BCUT2D eigenvalue weighted by molar-refractivity contribution is 7.22. The largest absolute Gasteiger partial charge is 0.493 e. The zero-order valence-corrected chi connectivity index (χ0v) is 23.1. The minimum Gasteiger partial charge on any atom is -0.493 e. The Balaban J connectivity index is 1.17. The van der Waals surface area contributed by atoms with Gasteiger partial charge in [0.2, 0.25) is 5.91 Å². The first-order valence-electron chi connectivity index (χ1n) is 13.7. The average Bonchev–Trinajstić information content (AvgIpc) is 3.73. The summed E-state index contributed by atoms with van der Waals surface area (Å²) < 4.78 is 19.0. The fraction of sp³-hybridized carbons (Fsp3) is 0.344. The smallest absolute Gasteiger partial charge is 0.220 e. The van der Waals surface area contributed by atoms with Crippen LogP contribution in [0, 0.1) is 0 Å². The second kappa shape index (κ2) is 11.7. The highest BCUT2D eigenvalue weighted by Crippen LogP contribution is 2.41. The summed E-state index contributed by atoms with van der Waals surface area (Å²) in [5.41, 5.74) is 3.44. The molecule has 4 aromatic rings. The summed E-state index contributed by atoms with van der Waals surface area (Å²) in [7, 11) is 1.70.